The average molecular weight is 555 g/mol. The van der Waals surface area contributed by atoms with E-state index in [1.807, 2.05) is 91.9 Å². The number of ether oxygens (including phenoxy) is 1. The Morgan fingerprint density at radius 2 is 1.65 bits per heavy atom. The normalized spacial score (nSPS) is 11.4. The second kappa shape index (κ2) is 10.9. The molecule has 185 valence electrons. The summed E-state index contributed by atoms with van der Waals surface area (Å²) in [4.78, 5) is 18.4. The van der Waals surface area contributed by atoms with Gasteiger partial charge in [0.05, 0.1) is 0 Å². The van der Waals surface area contributed by atoms with Crippen molar-refractivity contribution in [2.75, 3.05) is 7.11 Å². The molecule has 0 unspecified atom stereocenters. The van der Waals surface area contributed by atoms with E-state index in [2.05, 4.69) is 18.2 Å². The molecule has 5 nitrogen and oxygen atoms in total. The van der Waals surface area contributed by atoms with Gasteiger partial charge in [-0.05, 0) is 0 Å². The molecule has 5 aromatic rings. The number of nitrogens with zero attached hydrogens (tertiary/aromatic N) is 2. The zero-order valence-corrected chi connectivity index (χ0v) is 22.4. The molecule has 5 rings (SSSR count). The van der Waals surface area contributed by atoms with Crippen LogP contribution in [0.3, 0.4) is 0 Å². The molecule has 0 saturated carbocycles. The first kappa shape index (κ1) is 24.6. The van der Waals surface area contributed by atoms with Crippen LogP contribution in [0.15, 0.2) is 108 Å². The minimum atomic E-state index is -1.55. The summed E-state index contributed by atoms with van der Waals surface area (Å²) < 4.78 is 9.26. The van der Waals surface area contributed by atoms with Gasteiger partial charge in [0.25, 0.3) is 0 Å². The Hall–Kier alpha value is -4.12. The number of aromatic nitrogens is 2. The van der Waals surface area contributed by atoms with Crippen molar-refractivity contribution in [2.24, 2.45) is 0 Å². The monoisotopic (exact) mass is 555 g/mol. The van der Waals surface area contributed by atoms with Gasteiger partial charge < -0.3 is 0 Å². The molecule has 0 saturated heterocycles. The number of aryl methyl sites for hydroxylation is 1. The van der Waals surface area contributed by atoms with Crippen LogP contribution in [0.5, 0.6) is 11.5 Å². The summed E-state index contributed by atoms with van der Waals surface area (Å²) in [6.07, 6.45) is 4.04. The van der Waals surface area contributed by atoms with Gasteiger partial charge in [0.15, 0.2) is 0 Å². The van der Waals surface area contributed by atoms with Crippen molar-refractivity contribution in [1.82, 2.24) is 9.55 Å². The number of rotatable bonds is 7. The van der Waals surface area contributed by atoms with Crippen LogP contribution in [-0.4, -0.2) is 35.7 Å². The minimum absolute atomic E-state index is 0.0928. The SMILES string of the molecule is COc1ccc([Se](C/C=C/c2nc3ccccc3c(=O)n2-c2ccc(C)cc2)c2ccccc2)cc1O. The molecule has 0 aliphatic carbocycles. The number of phenols is 1. The van der Waals surface area contributed by atoms with Crippen molar-refractivity contribution in [3.8, 4) is 17.2 Å². The Bertz CT molecular complexity index is 1630. The van der Waals surface area contributed by atoms with Gasteiger partial charge in [-0.1, -0.05) is 0 Å². The Balaban J connectivity index is 1.57. The van der Waals surface area contributed by atoms with Gasteiger partial charge in [-0.3, -0.25) is 0 Å². The van der Waals surface area contributed by atoms with E-state index in [1.165, 1.54) is 4.46 Å². The van der Waals surface area contributed by atoms with Gasteiger partial charge in [0, 0.05) is 0 Å². The molecule has 0 aliphatic rings. The van der Waals surface area contributed by atoms with E-state index >= 15 is 0 Å². The Morgan fingerprint density at radius 3 is 2.38 bits per heavy atom. The fourth-order valence-corrected chi connectivity index (χ4v) is 8.21. The third kappa shape index (κ3) is 5.21. The molecule has 0 amide bonds. The predicted octanol–water partition coefficient (Wildman–Crippen LogP) is 4.73. The summed E-state index contributed by atoms with van der Waals surface area (Å²) in [6, 6.07) is 31.3. The summed E-state index contributed by atoms with van der Waals surface area (Å²) in [7, 11) is 1.55. The molecule has 0 atom stereocenters. The first-order valence-electron chi connectivity index (χ1n) is 11.9. The standard InChI is InChI=1S/C31H27N2O3Se/c1-22-14-16-23(17-15-22)33-30(32-27-12-7-6-11-26(27)31(33)35)13-8-20-37(24-9-4-3-5-10-24)25-18-19-29(36-2)28(34)21-25/h3-19,21,34H,20H2,1-2H3/b13-8+. The molecule has 6 heteroatoms. The molecule has 1 aromatic heterocycles. The molecule has 4 aromatic carbocycles. The molecular formula is C31H27N2O3Se. The van der Waals surface area contributed by atoms with E-state index in [4.69, 9.17) is 9.72 Å². The summed E-state index contributed by atoms with van der Waals surface area (Å²) in [5, 5.41) is 11.8. The zero-order chi connectivity index (χ0) is 25.8. The van der Waals surface area contributed by atoms with E-state index in [1.54, 1.807) is 17.7 Å². The fourth-order valence-electron chi connectivity index (χ4n) is 4.19. The van der Waals surface area contributed by atoms with E-state index in [9.17, 15) is 9.90 Å². The number of allylic oxidation sites excluding steroid dienone is 1. The van der Waals surface area contributed by atoms with Crippen LogP contribution in [0.25, 0.3) is 22.7 Å². The van der Waals surface area contributed by atoms with E-state index in [-0.39, 0.29) is 11.3 Å². The molecule has 37 heavy (non-hydrogen) atoms. The Morgan fingerprint density at radius 1 is 0.919 bits per heavy atom. The predicted molar refractivity (Wildman–Crippen MR) is 152 cm³/mol. The number of aromatic hydroxyl groups is 1. The van der Waals surface area contributed by atoms with Gasteiger partial charge in [0.2, 0.25) is 0 Å². The molecule has 1 radical (unpaired) electrons. The van der Waals surface area contributed by atoms with Crippen LogP contribution in [0.2, 0.25) is 5.32 Å². The Labute approximate surface area is 220 Å². The van der Waals surface area contributed by atoms with E-state index in [0.29, 0.717) is 22.5 Å². The second-order valence-electron chi connectivity index (χ2n) is 8.57. The van der Waals surface area contributed by atoms with Crippen molar-refractivity contribution in [1.29, 1.82) is 0 Å². The average Bonchev–Trinajstić information content (AvgIpc) is 2.92. The van der Waals surface area contributed by atoms with Crippen LogP contribution < -0.4 is 19.2 Å². The molecule has 1 heterocycles. The second-order valence-corrected chi connectivity index (χ2v) is 12.9. The maximum atomic E-state index is 13.5. The summed E-state index contributed by atoms with van der Waals surface area (Å²) in [5.41, 5.74) is 2.49. The first-order chi connectivity index (χ1) is 18.0. The number of methoxy groups -OCH3 is 1. The summed E-state index contributed by atoms with van der Waals surface area (Å²) in [5.74, 6) is 1.18. The third-order valence-electron chi connectivity index (χ3n) is 6.09. The molecule has 1 N–H and O–H groups in total. The number of hydrogen-bond acceptors (Lipinski definition) is 4. The summed E-state index contributed by atoms with van der Waals surface area (Å²) >= 11 is -1.55. The van der Waals surface area contributed by atoms with Gasteiger partial charge in [-0.15, -0.1) is 0 Å². The molecule has 0 bridgehead atoms. The Kier molecular flexibility index (Phi) is 7.22. The van der Waals surface area contributed by atoms with E-state index < -0.39 is 13.9 Å². The van der Waals surface area contributed by atoms with Gasteiger partial charge in [0.1, 0.15) is 0 Å². The van der Waals surface area contributed by atoms with Gasteiger partial charge in [-0.2, -0.15) is 0 Å². The molecular weight excluding hydrogens is 527 g/mol. The van der Waals surface area contributed by atoms with Crippen LogP contribution in [0, 0.1) is 6.92 Å². The van der Waals surface area contributed by atoms with E-state index in [0.717, 1.165) is 21.0 Å². The maximum absolute atomic E-state index is 13.5. The molecule has 0 spiro atoms. The van der Waals surface area contributed by atoms with Crippen molar-refractivity contribution in [3.05, 3.63) is 125 Å². The topological polar surface area (TPSA) is 64.3 Å². The number of phenolic OH excluding ortho intramolecular Hbond substituents is 1. The summed E-state index contributed by atoms with van der Waals surface area (Å²) in [6.45, 7) is 2.02. The number of fused-ring (bicyclic) bond motifs is 1. The van der Waals surface area contributed by atoms with Crippen LogP contribution in [-0.2, 0) is 0 Å². The molecule has 0 aliphatic heterocycles. The number of para-hydroxylation sites is 1. The van der Waals surface area contributed by atoms with Crippen molar-refractivity contribution < 1.29 is 9.84 Å². The third-order valence-corrected chi connectivity index (χ3v) is 10.7. The number of benzene rings is 4. The van der Waals surface area contributed by atoms with Gasteiger partial charge >= 0.3 is 221 Å². The quantitative estimate of drug-likeness (QED) is 0.296. The number of hydrogen-bond donors (Lipinski definition) is 1. The van der Waals surface area contributed by atoms with Crippen LogP contribution >= 0.6 is 0 Å². The van der Waals surface area contributed by atoms with Crippen LogP contribution in [0.4, 0.5) is 0 Å². The van der Waals surface area contributed by atoms with Crippen molar-refractivity contribution in [2.45, 2.75) is 12.2 Å². The van der Waals surface area contributed by atoms with Crippen molar-refractivity contribution in [3.63, 3.8) is 0 Å². The van der Waals surface area contributed by atoms with Crippen molar-refractivity contribution >= 4 is 39.8 Å². The fraction of sp³-hybridized carbons (Fsp3) is 0.0968. The molecule has 0 fully saturated rings. The van der Waals surface area contributed by atoms with Gasteiger partial charge in [-0.25, -0.2) is 0 Å². The van der Waals surface area contributed by atoms with Crippen LogP contribution in [0.1, 0.15) is 11.4 Å². The zero-order valence-electron chi connectivity index (χ0n) is 20.7. The first-order valence-corrected chi connectivity index (χ1v) is 14.9.